The molecular weight excluding hydrogens is 590 g/mol. The Labute approximate surface area is 259 Å². The van der Waals surface area contributed by atoms with Gasteiger partial charge in [-0.1, -0.05) is 11.6 Å². The highest BCUT2D eigenvalue weighted by atomic mass is 35.5. The van der Waals surface area contributed by atoms with E-state index in [9.17, 15) is 9.50 Å². The maximum absolute atomic E-state index is 16.7. The van der Waals surface area contributed by atoms with Gasteiger partial charge in [-0.25, -0.2) is 8.78 Å². The number of halogens is 3. The van der Waals surface area contributed by atoms with Crippen molar-refractivity contribution in [2.45, 2.75) is 62.7 Å². The molecule has 3 atom stereocenters. The Morgan fingerprint density at radius 3 is 2.93 bits per heavy atom. The highest BCUT2D eigenvalue weighted by molar-refractivity contribution is 6.32. The third-order valence-corrected chi connectivity index (χ3v) is 9.79. The summed E-state index contributed by atoms with van der Waals surface area (Å²) in [5, 5.41) is 17.2. The van der Waals surface area contributed by atoms with Gasteiger partial charge in [-0.2, -0.15) is 15.1 Å². The highest BCUT2D eigenvalue weighted by Crippen LogP contribution is 2.41. The first kappa shape index (κ1) is 29.1. The zero-order valence-electron chi connectivity index (χ0n) is 24.4. The SMILES string of the molecule is C=NN1C=NCCCc2c(Cl)cc(O)cc2-c2ncc3c(nc(OCC45CCCN4C[C@H](F)C5)nc3c2F)N2CCCC1C2. The number of hydrazone groups is 1. The van der Waals surface area contributed by atoms with Crippen molar-refractivity contribution >= 4 is 41.4 Å². The molecule has 5 aliphatic rings. The van der Waals surface area contributed by atoms with Gasteiger partial charge in [0.15, 0.2) is 5.82 Å². The number of phenolic OH excluding ortho intramolecular Hbond substituents is 1. The van der Waals surface area contributed by atoms with Gasteiger partial charge in [-0.15, -0.1) is 0 Å². The summed E-state index contributed by atoms with van der Waals surface area (Å²) in [5.74, 6) is -0.243. The van der Waals surface area contributed by atoms with Crippen molar-refractivity contribution in [1.29, 1.82) is 0 Å². The number of aromatic hydroxyl groups is 1. The largest absolute Gasteiger partial charge is 0.508 e. The number of piperidine rings is 1. The van der Waals surface area contributed by atoms with Crippen molar-refractivity contribution in [2.24, 2.45) is 10.1 Å². The van der Waals surface area contributed by atoms with E-state index < -0.39 is 17.5 Å². The standard InChI is InChI=1S/C31H35ClF2N8O2/c1-35-42-18-36-8-2-6-22-23(11-21(43)12-25(22)32)27-26(34)28-24(14-37-27)29(40-9-3-5-20(42)16-40)39-30(38-28)44-17-31-7-4-10-41(31)15-19(33)13-31/h11-12,14,18-20,43H,1-10,13,15-17H2/t19-,20?,31?/m1/s1. The molecule has 3 aromatic rings. The molecule has 3 saturated heterocycles. The van der Waals surface area contributed by atoms with Crippen LogP contribution >= 0.6 is 11.6 Å². The number of hydrogen-bond donors (Lipinski definition) is 1. The molecule has 6 bridgehead atoms. The molecule has 0 saturated carbocycles. The Morgan fingerprint density at radius 1 is 1.18 bits per heavy atom. The Balaban J connectivity index is 1.37. The molecular formula is C31H35ClF2N8O2. The van der Waals surface area contributed by atoms with Crippen LogP contribution in [0.3, 0.4) is 0 Å². The summed E-state index contributed by atoms with van der Waals surface area (Å²) in [4.78, 5) is 22.8. The Morgan fingerprint density at radius 2 is 2.07 bits per heavy atom. The van der Waals surface area contributed by atoms with Crippen molar-refractivity contribution in [3.8, 4) is 23.0 Å². The van der Waals surface area contributed by atoms with Crippen molar-refractivity contribution in [3.63, 3.8) is 0 Å². The van der Waals surface area contributed by atoms with Crippen LogP contribution in [0.4, 0.5) is 14.6 Å². The molecule has 13 heteroatoms. The number of phenols is 1. The number of rotatable bonds is 4. The van der Waals surface area contributed by atoms with Crippen LogP contribution in [0.25, 0.3) is 22.2 Å². The normalized spacial score (nSPS) is 25.5. The van der Waals surface area contributed by atoms with E-state index in [4.69, 9.17) is 21.3 Å². The number of aromatic nitrogens is 3. The molecule has 8 rings (SSSR count). The first-order valence-electron chi connectivity index (χ1n) is 15.2. The first-order chi connectivity index (χ1) is 21.3. The summed E-state index contributed by atoms with van der Waals surface area (Å²) < 4.78 is 37.4. The van der Waals surface area contributed by atoms with Crippen LogP contribution in [0.5, 0.6) is 11.8 Å². The predicted octanol–water partition coefficient (Wildman–Crippen LogP) is 5.01. The molecule has 5 aliphatic heterocycles. The summed E-state index contributed by atoms with van der Waals surface area (Å²) in [6.07, 6.45) is 7.45. The second-order valence-corrected chi connectivity index (χ2v) is 12.6. The maximum Gasteiger partial charge on any atom is 0.319 e. The average molecular weight is 625 g/mol. The second-order valence-electron chi connectivity index (χ2n) is 12.2. The number of hydrogen-bond acceptors (Lipinski definition) is 10. The molecule has 0 amide bonds. The summed E-state index contributed by atoms with van der Waals surface area (Å²) in [6, 6.07) is 2.93. The number of anilines is 1. The van der Waals surface area contributed by atoms with E-state index in [0.717, 1.165) is 32.2 Å². The molecule has 0 radical (unpaired) electrons. The number of nitrogens with zero attached hydrogens (tertiary/aromatic N) is 8. The van der Waals surface area contributed by atoms with Crippen molar-refractivity contribution < 1.29 is 18.6 Å². The minimum Gasteiger partial charge on any atom is -0.508 e. The van der Waals surface area contributed by atoms with Gasteiger partial charge >= 0.3 is 6.01 Å². The Kier molecular flexibility index (Phi) is 7.74. The number of ether oxygens (including phenoxy) is 1. The predicted molar refractivity (Wildman–Crippen MR) is 166 cm³/mol. The Bertz CT molecular complexity index is 1630. The smallest absolute Gasteiger partial charge is 0.319 e. The highest BCUT2D eigenvalue weighted by Gasteiger charge is 2.49. The van der Waals surface area contributed by atoms with Crippen molar-refractivity contribution in [2.75, 3.05) is 44.2 Å². The molecule has 3 fully saturated rings. The van der Waals surface area contributed by atoms with Gasteiger partial charge in [0.1, 0.15) is 41.9 Å². The van der Waals surface area contributed by atoms with E-state index >= 15 is 4.39 Å². The van der Waals surface area contributed by atoms with Crippen LogP contribution in [-0.4, -0.2) is 100 Å². The molecule has 2 unspecified atom stereocenters. The summed E-state index contributed by atoms with van der Waals surface area (Å²) in [5.41, 5.74) is 0.732. The molecule has 0 spiro atoms. The zero-order chi connectivity index (χ0) is 30.4. The molecule has 2 aromatic heterocycles. The van der Waals surface area contributed by atoms with E-state index in [1.165, 1.54) is 12.1 Å². The molecule has 1 N–H and O–H groups in total. The fourth-order valence-electron chi connectivity index (χ4n) is 7.35. The van der Waals surface area contributed by atoms with Crippen LogP contribution in [0.15, 0.2) is 28.4 Å². The third-order valence-electron chi connectivity index (χ3n) is 9.46. The van der Waals surface area contributed by atoms with Gasteiger partial charge in [0.25, 0.3) is 0 Å². The monoisotopic (exact) mass is 624 g/mol. The van der Waals surface area contributed by atoms with Gasteiger partial charge in [-0.05, 0) is 62.8 Å². The maximum atomic E-state index is 16.7. The van der Waals surface area contributed by atoms with Gasteiger partial charge in [0.05, 0.1) is 17.0 Å². The number of pyridine rings is 1. The lowest BCUT2D eigenvalue weighted by Gasteiger charge is -2.37. The number of fused-ring (bicyclic) bond motifs is 6. The van der Waals surface area contributed by atoms with Gasteiger partial charge in [0, 0.05) is 56.1 Å². The third kappa shape index (κ3) is 5.21. The van der Waals surface area contributed by atoms with Gasteiger partial charge < -0.3 is 14.7 Å². The first-order valence-corrected chi connectivity index (χ1v) is 15.6. The lowest BCUT2D eigenvalue weighted by Crippen LogP contribution is -2.46. The molecule has 1 aromatic carbocycles. The molecule has 44 heavy (non-hydrogen) atoms. The van der Waals surface area contributed by atoms with Crippen molar-refractivity contribution in [1.82, 2.24) is 24.9 Å². The summed E-state index contributed by atoms with van der Waals surface area (Å²) in [7, 11) is 0. The van der Waals surface area contributed by atoms with E-state index in [1.54, 1.807) is 17.5 Å². The van der Waals surface area contributed by atoms with Crippen LogP contribution in [-0.2, 0) is 6.42 Å². The van der Waals surface area contributed by atoms with Gasteiger partial charge in [0.2, 0.25) is 0 Å². The van der Waals surface area contributed by atoms with Crippen molar-refractivity contribution in [3.05, 3.63) is 34.7 Å². The van der Waals surface area contributed by atoms with E-state index in [2.05, 4.69) is 36.6 Å². The lowest BCUT2D eigenvalue weighted by atomic mass is 9.95. The second kappa shape index (κ2) is 11.7. The number of alkyl halides is 1. The molecule has 7 heterocycles. The van der Waals surface area contributed by atoms with E-state index in [0.29, 0.717) is 72.8 Å². The number of aliphatic imine (C=N–C) groups is 1. The van der Waals surface area contributed by atoms with Crippen LogP contribution in [0.2, 0.25) is 5.02 Å². The fourth-order valence-corrected chi connectivity index (χ4v) is 7.66. The van der Waals surface area contributed by atoms with Crippen LogP contribution in [0.1, 0.15) is 44.1 Å². The molecule has 0 aliphatic carbocycles. The fraction of sp³-hybridized carbons (Fsp3) is 0.516. The Hall–Kier alpha value is -3.64. The zero-order valence-corrected chi connectivity index (χ0v) is 25.2. The van der Waals surface area contributed by atoms with E-state index in [1.807, 2.05) is 0 Å². The van der Waals surface area contributed by atoms with Crippen LogP contribution < -0.4 is 9.64 Å². The summed E-state index contributed by atoms with van der Waals surface area (Å²) >= 11 is 6.58. The van der Waals surface area contributed by atoms with Crippen LogP contribution in [0, 0.1) is 5.82 Å². The van der Waals surface area contributed by atoms with Gasteiger partial charge in [-0.3, -0.25) is 19.9 Å². The lowest BCUT2D eigenvalue weighted by molar-refractivity contribution is 0.107. The minimum absolute atomic E-state index is 0.0200. The minimum atomic E-state index is -0.900. The molecule has 232 valence electrons. The topological polar surface area (TPSA) is 103 Å². The number of benzene rings is 1. The molecule has 10 nitrogen and oxygen atoms in total. The summed E-state index contributed by atoms with van der Waals surface area (Å²) in [6.45, 7) is 6.95. The quantitative estimate of drug-likeness (QED) is 0.405. The van der Waals surface area contributed by atoms with E-state index in [-0.39, 0.29) is 35.6 Å². The average Bonchev–Trinajstić information content (AvgIpc) is 3.54.